The molecule has 2 rings (SSSR count). The lowest BCUT2D eigenvalue weighted by Crippen LogP contribution is -2.35. The monoisotopic (exact) mass is 289 g/mol. The van der Waals surface area contributed by atoms with Gasteiger partial charge in [0.15, 0.2) is 0 Å². The molecule has 0 spiro atoms. The first-order chi connectivity index (χ1) is 8.45. The first kappa shape index (κ1) is 14.0. The summed E-state index contributed by atoms with van der Waals surface area (Å²) in [5.41, 5.74) is 0. The Labute approximate surface area is 112 Å². The van der Waals surface area contributed by atoms with E-state index in [0.29, 0.717) is 22.2 Å². The van der Waals surface area contributed by atoms with E-state index >= 15 is 0 Å². The van der Waals surface area contributed by atoms with E-state index in [0.717, 1.165) is 12.8 Å². The highest BCUT2D eigenvalue weighted by Crippen LogP contribution is 2.33. The van der Waals surface area contributed by atoms with Gasteiger partial charge in [0, 0.05) is 22.8 Å². The number of hydrogen-bond donors (Lipinski definition) is 1. The smallest absolute Gasteiger partial charge is 0.244 e. The Kier molecular flexibility index (Phi) is 4.11. The summed E-state index contributed by atoms with van der Waals surface area (Å²) in [6.45, 7) is 4.51. The van der Waals surface area contributed by atoms with Gasteiger partial charge >= 0.3 is 0 Å². The van der Waals surface area contributed by atoms with Crippen molar-refractivity contribution in [3.63, 3.8) is 0 Å². The third-order valence-electron chi connectivity index (χ3n) is 2.89. The largest absolute Gasteiger partial charge is 0.391 e. The standard InChI is InChI=1S/C12H19NO3S2/c1-9(2)6-13(10-3-4-10)18(15,16)12-5-11(7-14)17-8-12/h5,8-10,14H,3-4,6-7H2,1-2H3. The number of aliphatic hydroxyl groups excluding tert-OH is 1. The molecule has 1 saturated carbocycles. The Hall–Kier alpha value is -0.430. The van der Waals surface area contributed by atoms with Gasteiger partial charge in [-0.25, -0.2) is 8.42 Å². The SMILES string of the molecule is CC(C)CN(C1CC1)S(=O)(=O)c1csc(CO)c1. The van der Waals surface area contributed by atoms with Crippen LogP contribution in [0.5, 0.6) is 0 Å². The van der Waals surface area contributed by atoms with Crippen LogP contribution in [0.2, 0.25) is 0 Å². The van der Waals surface area contributed by atoms with E-state index in [4.69, 9.17) is 5.11 Å². The van der Waals surface area contributed by atoms with Crippen LogP contribution < -0.4 is 0 Å². The first-order valence-corrected chi connectivity index (χ1v) is 8.47. The zero-order valence-electron chi connectivity index (χ0n) is 10.7. The van der Waals surface area contributed by atoms with Crippen LogP contribution in [-0.2, 0) is 16.6 Å². The van der Waals surface area contributed by atoms with E-state index in [1.165, 1.54) is 11.3 Å². The molecule has 0 aromatic carbocycles. The van der Waals surface area contributed by atoms with Gasteiger partial charge in [-0.15, -0.1) is 11.3 Å². The fraction of sp³-hybridized carbons (Fsp3) is 0.667. The van der Waals surface area contributed by atoms with E-state index in [1.54, 1.807) is 15.8 Å². The van der Waals surface area contributed by atoms with Crippen molar-refractivity contribution in [2.75, 3.05) is 6.54 Å². The lowest BCUT2D eigenvalue weighted by molar-refractivity contribution is 0.285. The molecule has 18 heavy (non-hydrogen) atoms. The molecule has 0 radical (unpaired) electrons. The van der Waals surface area contributed by atoms with Gasteiger partial charge < -0.3 is 5.11 Å². The zero-order chi connectivity index (χ0) is 13.3. The van der Waals surface area contributed by atoms with Crippen molar-refractivity contribution in [2.24, 2.45) is 5.92 Å². The van der Waals surface area contributed by atoms with Gasteiger partial charge in [-0.3, -0.25) is 0 Å². The van der Waals surface area contributed by atoms with Crippen molar-refractivity contribution in [1.82, 2.24) is 4.31 Å². The summed E-state index contributed by atoms with van der Waals surface area (Å²) in [6.07, 6.45) is 1.92. The fourth-order valence-corrected chi connectivity index (χ4v) is 4.85. The lowest BCUT2D eigenvalue weighted by Gasteiger charge is -2.23. The summed E-state index contributed by atoms with van der Waals surface area (Å²) in [6, 6.07) is 1.75. The number of sulfonamides is 1. The first-order valence-electron chi connectivity index (χ1n) is 6.15. The fourth-order valence-electron chi connectivity index (χ4n) is 1.88. The molecule has 1 aromatic heterocycles. The molecule has 1 aromatic rings. The molecule has 1 heterocycles. The second kappa shape index (κ2) is 5.28. The van der Waals surface area contributed by atoms with Crippen molar-refractivity contribution in [3.05, 3.63) is 16.3 Å². The molecular formula is C12H19NO3S2. The molecule has 1 aliphatic rings. The molecule has 0 saturated heterocycles. The maximum Gasteiger partial charge on any atom is 0.244 e. The Morgan fingerprint density at radius 1 is 1.50 bits per heavy atom. The summed E-state index contributed by atoms with van der Waals surface area (Å²) in [4.78, 5) is 1.01. The van der Waals surface area contributed by atoms with Gasteiger partial charge in [-0.05, 0) is 24.8 Å². The molecule has 0 unspecified atom stereocenters. The molecule has 1 aliphatic carbocycles. The van der Waals surface area contributed by atoms with Crippen molar-refractivity contribution >= 4 is 21.4 Å². The van der Waals surface area contributed by atoms with Crippen LogP contribution >= 0.6 is 11.3 Å². The molecule has 0 amide bonds. The normalized spacial score (nSPS) is 16.7. The second-order valence-corrected chi connectivity index (χ2v) is 7.99. The molecule has 4 nitrogen and oxygen atoms in total. The van der Waals surface area contributed by atoms with E-state index < -0.39 is 10.0 Å². The van der Waals surface area contributed by atoms with E-state index in [2.05, 4.69) is 0 Å². The van der Waals surface area contributed by atoms with Gasteiger partial charge in [0.05, 0.1) is 11.5 Å². The number of nitrogens with zero attached hydrogens (tertiary/aromatic N) is 1. The molecule has 0 aliphatic heterocycles. The summed E-state index contributed by atoms with van der Waals surface area (Å²) in [7, 11) is -3.39. The highest BCUT2D eigenvalue weighted by molar-refractivity contribution is 7.89. The average molecular weight is 289 g/mol. The Morgan fingerprint density at radius 2 is 2.17 bits per heavy atom. The minimum Gasteiger partial charge on any atom is -0.391 e. The number of hydrogen-bond acceptors (Lipinski definition) is 4. The Bertz CT molecular complexity index is 503. The third-order valence-corrected chi connectivity index (χ3v) is 5.86. The Balaban J connectivity index is 2.26. The van der Waals surface area contributed by atoms with Crippen LogP contribution in [0, 0.1) is 5.92 Å². The van der Waals surface area contributed by atoms with Crippen LogP contribution in [0.1, 0.15) is 31.6 Å². The maximum atomic E-state index is 12.5. The number of rotatable bonds is 6. The minimum absolute atomic E-state index is 0.103. The van der Waals surface area contributed by atoms with E-state index in [9.17, 15) is 8.42 Å². The van der Waals surface area contributed by atoms with Crippen molar-refractivity contribution < 1.29 is 13.5 Å². The van der Waals surface area contributed by atoms with Crippen molar-refractivity contribution in [1.29, 1.82) is 0 Å². The van der Waals surface area contributed by atoms with Crippen LogP contribution in [0.25, 0.3) is 0 Å². The highest BCUT2D eigenvalue weighted by Gasteiger charge is 2.38. The van der Waals surface area contributed by atoms with Crippen LogP contribution in [0.3, 0.4) is 0 Å². The molecule has 6 heteroatoms. The summed E-state index contributed by atoms with van der Waals surface area (Å²) >= 11 is 1.29. The second-order valence-electron chi connectivity index (χ2n) is 5.11. The zero-order valence-corrected chi connectivity index (χ0v) is 12.3. The van der Waals surface area contributed by atoms with Gasteiger partial charge in [-0.2, -0.15) is 4.31 Å². The summed E-state index contributed by atoms with van der Waals surface area (Å²) < 4.78 is 26.7. The highest BCUT2D eigenvalue weighted by atomic mass is 32.2. The lowest BCUT2D eigenvalue weighted by atomic mass is 10.2. The summed E-state index contributed by atoms with van der Waals surface area (Å²) in [5, 5.41) is 10.6. The number of thiophene rings is 1. The van der Waals surface area contributed by atoms with Gasteiger partial charge in [-0.1, -0.05) is 13.8 Å². The third kappa shape index (κ3) is 2.93. The predicted octanol–water partition coefficient (Wildman–Crippen LogP) is 2.05. The topological polar surface area (TPSA) is 57.6 Å². The minimum atomic E-state index is -3.39. The summed E-state index contributed by atoms with van der Waals surface area (Å²) in [5.74, 6) is 0.316. The molecule has 0 atom stereocenters. The van der Waals surface area contributed by atoms with Crippen LogP contribution in [0.15, 0.2) is 16.3 Å². The maximum absolute atomic E-state index is 12.5. The van der Waals surface area contributed by atoms with Crippen molar-refractivity contribution in [3.8, 4) is 0 Å². The van der Waals surface area contributed by atoms with Crippen LogP contribution in [-0.4, -0.2) is 30.4 Å². The molecule has 0 bridgehead atoms. The quantitative estimate of drug-likeness (QED) is 0.872. The molecule has 1 N–H and O–H groups in total. The number of aliphatic hydroxyl groups is 1. The molecule has 1 fully saturated rings. The Morgan fingerprint density at radius 3 is 2.61 bits per heavy atom. The molecule has 102 valence electrons. The van der Waals surface area contributed by atoms with Gasteiger partial charge in [0.1, 0.15) is 0 Å². The van der Waals surface area contributed by atoms with Crippen LogP contribution in [0.4, 0.5) is 0 Å². The van der Waals surface area contributed by atoms with Gasteiger partial charge in [0.25, 0.3) is 0 Å². The van der Waals surface area contributed by atoms with E-state index in [-0.39, 0.29) is 12.6 Å². The van der Waals surface area contributed by atoms with Crippen molar-refractivity contribution in [2.45, 2.75) is 44.2 Å². The average Bonchev–Trinajstić information content (AvgIpc) is 3.01. The predicted molar refractivity (Wildman–Crippen MR) is 72.0 cm³/mol. The van der Waals surface area contributed by atoms with Gasteiger partial charge in [0.2, 0.25) is 10.0 Å². The molecular weight excluding hydrogens is 270 g/mol. The van der Waals surface area contributed by atoms with E-state index in [1.807, 2.05) is 13.8 Å².